The first-order valence-corrected chi connectivity index (χ1v) is 11.5. The minimum atomic E-state index is -0.891. The molecule has 4 rings (SSSR count). The molecule has 0 radical (unpaired) electrons. The Morgan fingerprint density at radius 1 is 1.11 bits per heavy atom. The number of aliphatic hydroxyl groups is 1. The van der Waals surface area contributed by atoms with Gasteiger partial charge in [-0.15, -0.1) is 11.3 Å². The third-order valence-electron chi connectivity index (χ3n) is 5.80. The zero-order valence-corrected chi connectivity index (χ0v) is 19.8. The van der Waals surface area contributed by atoms with Crippen molar-refractivity contribution in [3.05, 3.63) is 97.4 Å². The quantitative estimate of drug-likeness (QED) is 0.264. The summed E-state index contributed by atoms with van der Waals surface area (Å²) in [7, 11) is 3.07. The Bertz CT molecular complexity index is 1300. The topological polar surface area (TPSA) is 119 Å². The lowest BCUT2D eigenvalue weighted by Crippen LogP contribution is -2.33. The highest BCUT2D eigenvalue weighted by atomic mass is 32.1. The molecule has 1 aromatic heterocycles. The van der Waals surface area contributed by atoms with Gasteiger partial charge in [0.1, 0.15) is 0 Å². The summed E-state index contributed by atoms with van der Waals surface area (Å²) >= 11 is 1.20. The van der Waals surface area contributed by atoms with E-state index in [1.807, 2.05) is 6.07 Å². The number of methoxy groups -OCH3 is 2. The van der Waals surface area contributed by atoms with Crippen LogP contribution in [0.4, 0.5) is 5.69 Å². The number of nitro benzene ring substituents is 1. The maximum absolute atomic E-state index is 13.3. The van der Waals surface area contributed by atoms with Crippen molar-refractivity contribution in [2.24, 2.45) is 0 Å². The summed E-state index contributed by atoms with van der Waals surface area (Å²) in [5.74, 6) is -0.629. The molecular formula is C25H22N2O7S. The number of amides is 1. The highest BCUT2D eigenvalue weighted by Gasteiger charge is 2.43. The molecule has 0 spiro atoms. The molecule has 1 aliphatic rings. The Labute approximate surface area is 205 Å². The van der Waals surface area contributed by atoms with Crippen LogP contribution in [-0.2, 0) is 11.2 Å². The summed E-state index contributed by atoms with van der Waals surface area (Å²) in [6.45, 7) is 0.182. The molecule has 35 heavy (non-hydrogen) atoms. The van der Waals surface area contributed by atoms with Crippen molar-refractivity contribution in [1.29, 1.82) is 0 Å². The first-order chi connectivity index (χ1) is 16.8. The minimum Gasteiger partial charge on any atom is -0.503 e. The van der Waals surface area contributed by atoms with E-state index < -0.39 is 28.4 Å². The highest BCUT2D eigenvalue weighted by Crippen LogP contribution is 2.40. The lowest BCUT2D eigenvalue weighted by atomic mass is 9.95. The summed E-state index contributed by atoms with van der Waals surface area (Å²) in [5, 5.41) is 23.6. The van der Waals surface area contributed by atoms with Gasteiger partial charge in [-0.1, -0.05) is 12.1 Å². The predicted octanol–water partition coefficient (Wildman–Crippen LogP) is 4.49. The number of nitro groups is 1. The van der Waals surface area contributed by atoms with Gasteiger partial charge in [-0.2, -0.15) is 0 Å². The van der Waals surface area contributed by atoms with Gasteiger partial charge < -0.3 is 19.5 Å². The van der Waals surface area contributed by atoms with Crippen molar-refractivity contribution in [2.45, 2.75) is 12.5 Å². The SMILES string of the molecule is COc1ccc(CCN2C(=O)C(O)=C(C(=O)c3cccs3)C2c2ccc([N+](=O)[O-])cc2)cc1OC. The number of thiophene rings is 1. The fourth-order valence-corrected chi connectivity index (χ4v) is 4.75. The monoisotopic (exact) mass is 494 g/mol. The zero-order valence-electron chi connectivity index (χ0n) is 19.0. The lowest BCUT2D eigenvalue weighted by Gasteiger charge is -2.27. The lowest BCUT2D eigenvalue weighted by molar-refractivity contribution is -0.384. The highest BCUT2D eigenvalue weighted by molar-refractivity contribution is 7.12. The Morgan fingerprint density at radius 2 is 1.83 bits per heavy atom. The van der Waals surface area contributed by atoms with Gasteiger partial charge in [-0.05, 0) is 53.3 Å². The molecule has 9 nitrogen and oxygen atoms in total. The maximum Gasteiger partial charge on any atom is 0.290 e. The Balaban J connectivity index is 1.69. The Kier molecular flexibility index (Phi) is 6.83. The molecule has 1 aliphatic heterocycles. The molecule has 3 aromatic rings. The van der Waals surface area contributed by atoms with Crippen molar-refractivity contribution in [1.82, 2.24) is 4.90 Å². The van der Waals surface area contributed by atoms with Gasteiger partial charge >= 0.3 is 0 Å². The van der Waals surface area contributed by atoms with Crippen LogP contribution in [0.5, 0.6) is 11.5 Å². The summed E-state index contributed by atoms with van der Waals surface area (Å²) in [5.41, 5.74) is 1.18. The number of rotatable bonds is 9. The number of ketones is 1. The molecule has 0 aliphatic carbocycles. The summed E-state index contributed by atoms with van der Waals surface area (Å²) in [6.07, 6.45) is 0.406. The molecule has 1 atom stereocenters. The van der Waals surface area contributed by atoms with Crippen molar-refractivity contribution in [3.63, 3.8) is 0 Å². The maximum atomic E-state index is 13.3. The third-order valence-corrected chi connectivity index (χ3v) is 6.67. The Morgan fingerprint density at radius 3 is 2.43 bits per heavy atom. The van der Waals surface area contributed by atoms with Crippen LogP contribution in [0, 0.1) is 10.1 Å². The van der Waals surface area contributed by atoms with E-state index in [1.165, 1.54) is 54.7 Å². The number of ether oxygens (including phenoxy) is 2. The smallest absolute Gasteiger partial charge is 0.290 e. The number of carbonyl (C=O) groups is 2. The fourth-order valence-electron chi connectivity index (χ4n) is 4.07. The standard InChI is InChI=1S/C25H22N2O7S/c1-33-18-10-5-15(14-19(18)34-2)11-12-26-22(16-6-8-17(9-7-16)27(31)32)21(24(29)25(26)30)23(28)20-4-3-13-35-20/h3-10,13-14,22,29H,11-12H2,1-2H3. The third kappa shape index (κ3) is 4.60. The van der Waals surface area contributed by atoms with E-state index in [4.69, 9.17) is 9.47 Å². The van der Waals surface area contributed by atoms with E-state index in [1.54, 1.807) is 29.6 Å². The van der Waals surface area contributed by atoms with Crippen LogP contribution in [0.1, 0.15) is 26.8 Å². The van der Waals surface area contributed by atoms with Gasteiger partial charge in [-0.3, -0.25) is 19.7 Å². The van der Waals surface area contributed by atoms with Crippen LogP contribution in [0.3, 0.4) is 0 Å². The average Bonchev–Trinajstić information content (AvgIpc) is 3.50. The average molecular weight is 495 g/mol. The first-order valence-electron chi connectivity index (χ1n) is 10.6. The second-order valence-electron chi connectivity index (χ2n) is 7.76. The van der Waals surface area contributed by atoms with Crippen LogP contribution < -0.4 is 9.47 Å². The molecular weight excluding hydrogens is 472 g/mol. The van der Waals surface area contributed by atoms with Crippen LogP contribution >= 0.6 is 11.3 Å². The van der Waals surface area contributed by atoms with Crippen molar-refractivity contribution in [2.75, 3.05) is 20.8 Å². The molecule has 0 bridgehead atoms. The molecule has 1 amide bonds. The molecule has 1 unspecified atom stereocenters. The van der Waals surface area contributed by atoms with Gasteiger partial charge in [0.2, 0.25) is 5.78 Å². The number of hydrogen-bond acceptors (Lipinski definition) is 8. The second kappa shape index (κ2) is 9.98. The van der Waals surface area contributed by atoms with Crippen molar-refractivity contribution < 1.29 is 29.1 Å². The second-order valence-corrected chi connectivity index (χ2v) is 8.71. The van der Waals surface area contributed by atoms with E-state index in [0.717, 1.165) is 5.56 Å². The number of carbonyl (C=O) groups excluding carboxylic acids is 2. The van der Waals surface area contributed by atoms with E-state index in [9.17, 15) is 24.8 Å². The molecule has 0 saturated carbocycles. The molecule has 2 aromatic carbocycles. The van der Waals surface area contributed by atoms with Gasteiger partial charge in [0.25, 0.3) is 11.6 Å². The van der Waals surface area contributed by atoms with Gasteiger partial charge in [0.15, 0.2) is 17.3 Å². The molecule has 180 valence electrons. The number of nitrogens with zero attached hydrogens (tertiary/aromatic N) is 2. The fraction of sp³-hybridized carbons (Fsp3) is 0.200. The van der Waals surface area contributed by atoms with E-state index >= 15 is 0 Å². The summed E-state index contributed by atoms with van der Waals surface area (Å²) < 4.78 is 10.6. The van der Waals surface area contributed by atoms with Crippen LogP contribution in [0.25, 0.3) is 0 Å². The number of Topliss-reactive ketones (excluding diaryl/α,β-unsaturated/α-hetero) is 1. The molecule has 1 N–H and O–H groups in total. The zero-order chi connectivity index (χ0) is 25.1. The number of aliphatic hydroxyl groups excluding tert-OH is 1. The minimum absolute atomic E-state index is 0.0429. The van der Waals surface area contributed by atoms with Gasteiger partial charge in [0.05, 0.1) is 35.6 Å². The van der Waals surface area contributed by atoms with Gasteiger partial charge in [-0.25, -0.2) is 0 Å². The normalized spacial score (nSPS) is 15.4. The summed E-state index contributed by atoms with van der Waals surface area (Å²) in [6, 6.07) is 13.5. The number of hydrogen-bond donors (Lipinski definition) is 1. The van der Waals surface area contributed by atoms with Gasteiger partial charge in [0, 0.05) is 18.7 Å². The number of benzene rings is 2. The van der Waals surface area contributed by atoms with Crippen molar-refractivity contribution >= 4 is 28.7 Å². The summed E-state index contributed by atoms with van der Waals surface area (Å²) in [4.78, 5) is 38.8. The van der Waals surface area contributed by atoms with E-state index in [0.29, 0.717) is 28.4 Å². The predicted molar refractivity (Wildman–Crippen MR) is 129 cm³/mol. The van der Waals surface area contributed by atoms with Crippen LogP contribution in [-0.4, -0.2) is 47.4 Å². The van der Waals surface area contributed by atoms with Crippen molar-refractivity contribution in [3.8, 4) is 11.5 Å². The number of non-ortho nitro benzene ring substituents is 1. The van der Waals surface area contributed by atoms with Crippen LogP contribution in [0.15, 0.2) is 71.3 Å². The van der Waals surface area contributed by atoms with E-state index in [2.05, 4.69) is 0 Å². The molecule has 2 heterocycles. The largest absolute Gasteiger partial charge is 0.503 e. The molecule has 0 fully saturated rings. The molecule has 0 saturated heterocycles. The molecule has 10 heteroatoms. The Hall–Kier alpha value is -4.18. The first kappa shape index (κ1) is 24.0. The van der Waals surface area contributed by atoms with E-state index in [-0.39, 0.29) is 17.8 Å². The van der Waals surface area contributed by atoms with Crippen LogP contribution in [0.2, 0.25) is 0 Å².